The van der Waals surface area contributed by atoms with E-state index in [0.29, 0.717) is 4.88 Å². The van der Waals surface area contributed by atoms with E-state index in [1.807, 2.05) is 54.8 Å². The van der Waals surface area contributed by atoms with Crippen LogP contribution in [0, 0.1) is 0 Å². The minimum Gasteiger partial charge on any atom is -0.459 e. The Balaban J connectivity index is 1.80. The molecule has 4 heteroatoms. The molecule has 0 radical (unpaired) electrons. The van der Waals surface area contributed by atoms with E-state index >= 15 is 0 Å². The first kappa shape index (κ1) is 12.0. The summed E-state index contributed by atoms with van der Waals surface area (Å²) in [5.74, 6) is 0.703. The van der Waals surface area contributed by atoms with Gasteiger partial charge in [-0.3, -0.25) is 4.79 Å². The fourth-order valence-corrected chi connectivity index (χ4v) is 2.59. The first-order valence-electron chi connectivity index (χ1n) is 6.07. The van der Waals surface area contributed by atoms with Gasteiger partial charge in [0, 0.05) is 5.39 Å². The van der Waals surface area contributed by atoms with Crippen LogP contribution < -0.4 is 5.32 Å². The molecule has 3 rings (SSSR count). The van der Waals surface area contributed by atoms with Crippen LogP contribution in [-0.2, 0) is 0 Å². The van der Waals surface area contributed by atoms with Gasteiger partial charge in [-0.05, 0) is 30.5 Å². The van der Waals surface area contributed by atoms with Gasteiger partial charge in [0.15, 0.2) is 0 Å². The summed E-state index contributed by atoms with van der Waals surface area (Å²) in [5.41, 5.74) is 0.842. The van der Waals surface area contributed by atoms with Crippen molar-refractivity contribution in [2.75, 3.05) is 0 Å². The smallest absolute Gasteiger partial charge is 0.261 e. The minimum atomic E-state index is -0.151. The Labute approximate surface area is 114 Å². The van der Waals surface area contributed by atoms with E-state index in [9.17, 15) is 4.79 Å². The lowest BCUT2D eigenvalue weighted by molar-refractivity contribution is 0.0940. The number of nitrogens with one attached hydrogen (secondary N) is 1. The van der Waals surface area contributed by atoms with E-state index in [0.717, 1.165) is 16.7 Å². The fourth-order valence-electron chi connectivity index (χ4n) is 1.96. The number of hydrogen-bond donors (Lipinski definition) is 1. The number of carbonyl (C=O) groups is 1. The monoisotopic (exact) mass is 271 g/mol. The van der Waals surface area contributed by atoms with Crippen molar-refractivity contribution in [3.05, 3.63) is 58.5 Å². The van der Waals surface area contributed by atoms with Crippen molar-refractivity contribution in [1.82, 2.24) is 5.32 Å². The Morgan fingerprint density at radius 3 is 2.84 bits per heavy atom. The van der Waals surface area contributed by atoms with Crippen LogP contribution >= 0.6 is 11.3 Å². The lowest BCUT2D eigenvalue weighted by Gasteiger charge is -2.10. The molecule has 0 aliphatic heterocycles. The molecule has 0 bridgehead atoms. The zero-order chi connectivity index (χ0) is 13.2. The number of amides is 1. The van der Waals surface area contributed by atoms with E-state index < -0.39 is 0 Å². The molecule has 1 unspecified atom stereocenters. The quantitative estimate of drug-likeness (QED) is 0.782. The second-order valence-electron chi connectivity index (χ2n) is 4.36. The fraction of sp³-hybridized carbons (Fsp3) is 0.133. The number of furan rings is 1. The SMILES string of the molecule is CC(NC(=O)c1cccs1)c1cc2ccccc2o1. The number of hydrogen-bond acceptors (Lipinski definition) is 3. The van der Waals surface area contributed by atoms with Gasteiger partial charge in [0.2, 0.25) is 0 Å². The van der Waals surface area contributed by atoms with Gasteiger partial charge in [-0.2, -0.15) is 0 Å². The van der Waals surface area contributed by atoms with Gasteiger partial charge in [0.25, 0.3) is 5.91 Å². The second-order valence-corrected chi connectivity index (χ2v) is 5.31. The summed E-state index contributed by atoms with van der Waals surface area (Å²) in [7, 11) is 0. The maximum atomic E-state index is 12.0. The second kappa shape index (κ2) is 4.90. The van der Waals surface area contributed by atoms with E-state index in [2.05, 4.69) is 5.32 Å². The Morgan fingerprint density at radius 2 is 2.11 bits per heavy atom. The predicted molar refractivity (Wildman–Crippen MR) is 76.4 cm³/mol. The van der Waals surface area contributed by atoms with Crippen LogP contribution in [0.1, 0.15) is 28.4 Å². The molecule has 2 aromatic heterocycles. The minimum absolute atomic E-state index is 0.0667. The van der Waals surface area contributed by atoms with E-state index in [4.69, 9.17) is 4.42 Å². The van der Waals surface area contributed by atoms with Crippen molar-refractivity contribution in [2.45, 2.75) is 13.0 Å². The molecule has 1 aromatic carbocycles. The van der Waals surface area contributed by atoms with Crippen LogP contribution in [-0.4, -0.2) is 5.91 Å². The Bertz CT molecular complexity index is 667. The van der Waals surface area contributed by atoms with E-state index in [1.165, 1.54) is 11.3 Å². The van der Waals surface area contributed by atoms with Crippen LogP contribution in [0.5, 0.6) is 0 Å². The lowest BCUT2D eigenvalue weighted by Crippen LogP contribution is -2.25. The number of carbonyl (C=O) groups excluding carboxylic acids is 1. The normalized spacial score (nSPS) is 12.5. The molecule has 1 atom stereocenters. The number of para-hydroxylation sites is 1. The summed E-state index contributed by atoms with van der Waals surface area (Å²) in [6.45, 7) is 1.92. The number of benzene rings is 1. The molecule has 0 saturated carbocycles. The average Bonchev–Trinajstić information content (AvgIpc) is 3.07. The summed E-state index contributed by atoms with van der Waals surface area (Å²) in [5, 5.41) is 5.88. The standard InChI is InChI=1S/C15H13NO2S/c1-10(16-15(17)14-7-4-8-19-14)13-9-11-5-2-3-6-12(11)18-13/h2-10H,1H3,(H,16,17). The molecule has 2 heterocycles. The van der Waals surface area contributed by atoms with Crippen molar-refractivity contribution in [3.63, 3.8) is 0 Å². The van der Waals surface area contributed by atoms with Crippen molar-refractivity contribution in [1.29, 1.82) is 0 Å². The summed E-state index contributed by atoms with van der Waals surface area (Å²) in [6.07, 6.45) is 0. The molecule has 3 nitrogen and oxygen atoms in total. The molecule has 0 aliphatic carbocycles. The third kappa shape index (κ3) is 2.39. The number of rotatable bonds is 3. The van der Waals surface area contributed by atoms with Crippen LogP contribution in [0.15, 0.2) is 52.3 Å². The lowest BCUT2D eigenvalue weighted by atomic mass is 10.2. The average molecular weight is 271 g/mol. The van der Waals surface area contributed by atoms with Gasteiger partial charge in [0.05, 0.1) is 10.9 Å². The van der Waals surface area contributed by atoms with Gasteiger partial charge in [0.1, 0.15) is 11.3 Å². The van der Waals surface area contributed by atoms with Crippen molar-refractivity contribution in [3.8, 4) is 0 Å². The molecule has 1 N–H and O–H groups in total. The van der Waals surface area contributed by atoms with E-state index in [1.54, 1.807) is 0 Å². The van der Waals surface area contributed by atoms with Crippen LogP contribution in [0.3, 0.4) is 0 Å². The third-order valence-corrected chi connectivity index (χ3v) is 3.83. The highest BCUT2D eigenvalue weighted by molar-refractivity contribution is 7.12. The highest BCUT2D eigenvalue weighted by atomic mass is 32.1. The largest absolute Gasteiger partial charge is 0.459 e. The molecular formula is C15H13NO2S. The number of fused-ring (bicyclic) bond motifs is 1. The van der Waals surface area contributed by atoms with Crippen molar-refractivity contribution in [2.24, 2.45) is 0 Å². The molecule has 19 heavy (non-hydrogen) atoms. The van der Waals surface area contributed by atoms with E-state index in [-0.39, 0.29) is 11.9 Å². The van der Waals surface area contributed by atoms with Gasteiger partial charge >= 0.3 is 0 Å². The predicted octanol–water partition coefficient (Wildman–Crippen LogP) is 3.99. The maximum absolute atomic E-state index is 12.0. The molecule has 3 aromatic rings. The van der Waals surface area contributed by atoms with Gasteiger partial charge in [-0.1, -0.05) is 24.3 Å². The Morgan fingerprint density at radius 1 is 1.26 bits per heavy atom. The molecular weight excluding hydrogens is 258 g/mol. The summed E-state index contributed by atoms with van der Waals surface area (Å²) in [6, 6.07) is 13.3. The molecule has 1 amide bonds. The molecule has 0 saturated heterocycles. The Kier molecular flexibility index (Phi) is 3.09. The topological polar surface area (TPSA) is 42.2 Å². The summed E-state index contributed by atoms with van der Waals surface area (Å²) < 4.78 is 5.74. The highest BCUT2D eigenvalue weighted by Crippen LogP contribution is 2.24. The van der Waals surface area contributed by atoms with Crippen molar-refractivity contribution >= 4 is 28.2 Å². The van der Waals surface area contributed by atoms with Crippen LogP contribution in [0.4, 0.5) is 0 Å². The summed E-state index contributed by atoms with van der Waals surface area (Å²) >= 11 is 1.43. The molecule has 96 valence electrons. The molecule has 0 fully saturated rings. The van der Waals surface area contributed by atoms with Gasteiger partial charge < -0.3 is 9.73 Å². The first-order chi connectivity index (χ1) is 9.24. The zero-order valence-electron chi connectivity index (χ0n) is 10.4. The highest BCUT2D eigenvalue weighted by Gasteiger charge is 2.15. The maximum Gasteiger partial charge on any atom is 0.261 e. The Hall–Kier alpha value is -2.07. The van der Waals surface area contributed by atoms with Crippen LogP contribution in [0.25, 0.3) is 11.0 Å². The zero-order valence-corrected chi connectivity index (χ0v) is 11.2. The third-order valence-electron chi connectivity index (χ3n) is 2.96. The van der Waals surface area contributed by atoms with Gasteiger partial charge in [-0.15, -0.1) is 11.3 Å². The van der Waals surface area contributed by atoms with Crippen molar-refractivity contribution < 1.29 is 9.21 Å². The number of thiophene rings is 1. The first-order valence-corrected chi connectivity index (χ1v) is 6.95. The summed E-state index contributed by atoms with van der Waals surface area (Å²) in [4.78, 5) is 12.7. The van der Waals surface area contributed by atoms with Gasteiger partial charge in [-0.25, -0.2) is 0 Å². The molecule has 0 aliphatic rings. The molecule has 0 spiro atoms. The van der Waals surface area contributed by atoms with Crippen LogP contribution in [0.2, 0.25) is 0 Å².